The number of para-hydroxylation sites is 1. The third-order valence-electron chi connectivity index (χ3n) is 2.91. The lowest BCUT2D eigenvalue weighted by Crippen LogP contribution is -2.12. The summed E-state index contributed by atoms with van der Waals surface area (Å²) in [4.78, 5) is 0.743. The Balaban J connectivity index is 2.03. The zero-order chi connectivity index (χ0) is 11.7. The summed E-state index contributed by atoms with van der Waals surface area (Å²) >= 11 is 1.21. The van der Waals surface area contributed by atoms with Crippen LogP contribution in [0.15, 0.2) is 24.4 Å². The molecule has 0 spiro atoms. The Labute approximate surface area is 103 Å². The number of aryl methyl sites for hydroxylation is 1. The zero-order valence-electron chi connectivity index (χ0n) is 9.17. The normalized spacial score (nSPS) is 16.1. The van der Waals surface area contributed by atoms with Crippen molar-refractivity contribution in [2.45, 2.75) is 18.9 Å². The number of hydrogen-bond acceptors (Lipinski definition) is 5. The molecule has 17 heavy (non-hydrogen) atoms. The number of ether oxygens (including phenoxy) is 1. The molecule has 0 saturated carbocycles. The van der Waals surface area contributed by atoms with E-state index in [9.17, 15) is 5.11 Å². The number of aromatic nitrogens is 2. The van der Waals surface area contributed by atoms with Crippen LogP contribution in [0, 0.1) is 0 Å². The first kappa shape index (κ1) is 10.7. The molecular weight excluding hydrogens is 236 g/mol. The zero-order valence-corrected chi connectivity index (χ0v) is 9.98. The lowest BCUT2D eigenvalue weighted by molar-refractivity contribution is 0.210. The van der Waals surface area contributed by atoms with Gasteiger partial charge in [0, 0.05) is 5.56 Å². The topological polar surface area (TPSA) is 55.2 Å². The lowest BCUT2D eigenvalue weighted by atomic mass is 9.99. The van der Waals surface area contributed by atoms with Crippen molar-refractivity contribution in [3.63, 3.8) is 0 Å². The Morgan fingerprint density at radius 3 is 3.18 bits per heavy atom. The van der Waals surface area contributed by atoms with Crippen molar-refractivity contribution in [3.05, 3.63) is 40.4 Å². The lowest BCUT2D eigenvalue weighted by Gasteiger charge is -2.22. The number of aliphatic hydroxyl groups excluding tert-OH is 1. The van der Waals surface area contributed by atoms with Crippen molar-refractivity contribution >= 4 is 11.5 Å². The van der Waals surface area contributed by atoms with Gasteiger partial charge in [-0.05, 0) is 29.9 Å². The molecule has 1 N–H and O–H groups in total. The van der Waals surface area contributed by atoms with Gasteiger partial charge in [-0.1, -0.05) is 22.7 Å². The first-order valence-corrected chi connectivity index (χ1v) is 6.33. The second-order valence-electron chi connectivity index (χ2n) is 4.01. The highest BCUT2D eigenvalue weighted by molar-refractivity contribution is 7.05. The van der Waals surface area contributed by atoms with Crippen molar-refractivity contribution in [2.24, 2.45) is 0 Å². The minimum Gasteiger partial charge on any atom is -0.493 e. The van der Waals surface area contributed by atoms with Gasteiger partial charge in [-0.3, -0.25) is 0 Å². The van der Waals surface area contributed by atoms with Gasteiger partial charge in [-0.2, -0.15) is 0 Å². The second-order valence-corrected chi connectivity index (χ2v) is 4.83. The van der Waals surface area contributed by atoms with Crippen molar-refractivity contribution in [3.8, 4) is 5.75 Å². The third-order valence-corrected chi connectivity index (χ3v) is 3.62. The summed E-state index contributed by atoms with van der Waals surface area (Å²) in [5, 5.41) is 14.0. The minimum absolute atomic E-state index is 0.692. The Morgan fingerprint density at radius 1 is 1.41 bits per heavy atom. The van der Waals surface area contributed by atoms with Crippen LogP contribution < -0.4 is 4.74 Å². The maximum absolute atomic E-state index is 10.3. The number of rotatable bonds is 2. The molecule has 5 heteroatoms. The molecule has 0 amide bonds. The maximum Gasteiger partial charge on any atom is 0.128 e. The molecule has 1 atom stereocenters. The van der Waals surface area contributed by atoms with Gasteiger partial charge in [0.25, 0.3) is 0 Å². The summed E-state index contributed by atoms with van der Waals surface area (Å²) in [5.41, 5.74) is 1.98. The summed E-state index contributed by atoms with van der Waals surface area (Å²) in [6, 6.07) is 5.91. The number of aliphatic hydroxyl groups is 1. The summed E-state index contributed by atoms with van der Waals surface area (Å²) in [7, 11) is 0. The van der Waals surface area contributed by atoms with Crippen LogP contribution >= 0.6 is 11.5 Å². The van der Waals surface area contributed by atoms with Crippen molar-refractivity contribution in [1.82, 2.24) is 9.59 Å². The fourth-order valence-corrected chi connectivity index (χ4v) is 2.59. The van der Waals surface area contributed by atoms with E-state index in [0.717, 1.165) is 35.6 Å². The molecule has 1 unspecified atom stereocenters. The standard InChI is InChI=1S/C12H12N2O2S/c15-11(10-7-13-14-17-10)9-5-1-3-8-4-2-6-16-12(8)9/h1,3,5,7,11,15H,2,4,6H2. The van der Waals surface area contributed by atoms with Gasteiger partial charge in [0.05, 0.1) is 17.7 Å². The molecule has 1 aromatic heterocycles. The van der Waals surface area contributed by atoms with Crippen LogP contribution in [-0.4, -0.2) is 21.3 Å². The van der Waals surface area contributed by atoms with Crippen molar-refractivity contribution < 1.29 is 9.84 Å². The van der Waals surface area contributed by atoms with Gasteiger partial charge in [0.2, 0.25) is 0 Å². The van der Waals surface area contributed by atoms with Crippen LogP contribution in [0.5, 0.6) is 5.75 Å². The number of nitrogens with zero attached hydrogens (tertiary/aromatic N) is 2. The summed E-state index contributed by atoms with van der Waals surface area (Å²) < 4.78 is 9.45. The van der Waals surface area contributed by atoms with E-state index >= 15 is 0 Å². The first-order valence-electron chi connectivity index (χ1n) is 5.56. The molecule has 4 nitrogen and oxygen atoms in total. The minimum atomic E-state index is -0.692. The summed E-state index contributed by atoms with van der Waals surface area (Å²) in [5.74, 6) is 0.833. The van der Waals surface area contributed by atoms with E-state index in [1.165, 1.54) is 17.1 Å². The highest BCUT2D eigenvalue weighted by atomic mass is 32.1. The van der Waals surface area contributed by atoms with E-state index in [2.05, 4.69) is 15.7 Å². The molecule has 88 valence electrons. The van der Waals surface area contributed by atoms with Crippen LogP contribution in [0.1, 0.15) is 28.5 Å². The van der Waals surface area contributed by atoms with E-state index in [0.29, 0.717) is 0 Å². The van der Waals surface area contributed by atoms with E-state index < -0.39 is 6.10 Å². The highest BCUT2D eigenvalue weighted by Gasteiger charge is 2.21. The Kier molecular flexibility index (Phi) is 2.78. The summed E-state index contributed by atoms with van der Waals surface area (Å²) in [6.45, 7) is 0.720. The van der Waals surface area contributed by atoms with Crippen LogP contribution in [0.25, 0.3) is 0 Å². The first-order chi connectivity index (χ1) is 8.36. The van der Waals surface area contributed by atoms with Gasteiger partial charge in [-0.25, -0.2) is 0 Å². The average Bonchev–Trinajstić information content (AvgIpc) is 2.91. The number of benzene rings is 1. The molecule has 1 aliphatic rings. The fourth-order valence-electron chi connectivity index (χ4n) is 2.08. The van der Waals surface area contributed by atoms with E-state index in [1.54, 1.807) is 6.20 Å². The Bertz CT molecular complexity index is 513. The Morgan fingerprint density at radius 2 is 2.35 bits per heavy atom. The smallest absolute Gasteiger partial charge is 0.128 e. The van der Waals surface area contributed by atoms with Crippen molar-refractivity contribution in [2.75, 3.05) is 6.61 Å². The molecule has 2 heterocycles. The molecule has 3 rings (SSSR count). The second kappa shape index (κ2) is 4.43. The highest BCUT2D eigenvalue weighted by Crippen LogP contribution is 2.36. The molecule has 1 aromatic carbocycles. The van der Waals surface area contributed by atoms with Gasteiger partial charge < -0.3 is 9.84 Å². The van der Waals surface area contributed by atoms with Crippen LogP contribution in [0.4, 0.5) is 0 Å². The van der Waals surface area contributed by atoms with Crippen molar-refractivity contribution in [1.29, 1.82) is 0 Å². The third kappa shape index (κ3) is 1.92. The van der Waals surface area contributed by atoms with Crippen LogP contribution in [-0.2, 0) is 6.42 Å². The quantitative estimate of drug-likeness (QED) is 0.882. The maximum atomic E-state index is 10.3. The molecule has 0 fully saturated rings. The monoisotopic (exact) mass is 248 g/mol. The number of fused-ring (bicyclic) bond motifs is 1. The van der Waals surface area contributed by atoms with Crippen LogP contribution in [0.2, 0.25) is 0 Å². The molecule has 0 bridgehead atoms. The van der Waals surface area contributed by atoms with E-state index in [4.69, 9.17) is 4.74 Å². The van der Waals surface area contributed by atoms with Gasteiger partial charge >= 0.3 is 0 Å². The Hall–Kier alpha value is -1.46. The molecule has 0 saturated heterocycles. The predicted octanol–water partition coefficient (Wildman–Crippen LogP) is 1.94. The van der Waals surface area contributed by atoms with Gasteiger partial charge in [0.15, 0.2) is 0 Å². The average molecular weight is 248 g/mol. The molecular formula is C12H12N2O2S. The SMILES string of the molecule is OC(c1cnns1)c1cccc2c1OCCC2. The molecule has 0 aliphatic carbocycles. The van der Waals surface area contributed by atoms with Gasteiger partial charge in [-0.15, -0.1) is 5.10 Å². The summed E-state index contributed by atoms with van der Waals surface area (Å²) in [6.07, 6.45) is 2.95. The fraction of sp³-hybridized carbons (Fsp3) is 0.333. The molecule has 0 radical (unpaired) electrons. The predicted molar refractivity (Wildman–Crippen MR) is 64.2 cm³/mol. The number of hydrogen-bond donors (Lipinski definition) is 1. The van der Waals surface area contributed by atoms with E-state index in [-0.39, 0.29) is 0 Å². The largest absolute Gasteiger partial charge is 0.493 e. The molecule has 1 aliphatic heterocycles. The van der Waals surface area contributed by atoms with Crippen LogP contribution in [0.3, 0.4) is 0 Å². The van der Waals surface area contributed by atoms with E-state index in [1.807, 2.05) is 12.1 Å². The van der Waals surface area contributed by atoms with Gasteiger partial charge in [0.1, 0.15) is 11.9 Å². The molecule has 2 aromatic rings.